The van der Waals surface area contributed by atoms with Crippen molar-refractivity contribution in [3.8, 4) is 0 Å². The Hall–Kier alpha value is -0.610. The molecule has 4 nitrogen and oxygen atoms in total. The fourth-order valence-corrected chi connectivity index (χ4v) is 3.10. The van der Waals surface area contributed by atoms with E-state index in [1.165, 1.54) is 12.8 Å². The van der Waals surface area contributed by atoms with E-state index in [2.05, 4.69) is 22.5 Å². The molecule has 2 rings (SSSR count). The molecule has 0 spiro atoms. The summed E-state index contributed by atoms with van der Waals surface area (Å²) in [6.07, 6.45) is 4.81. The van der Waals surface area contributed by atoms with Crippen LogP contribution >= 0.6 is 0 Å². The Bertz CT molecular complexity index is 268. The minimum atomic E-state index is 0.0225. The summed E-state index contributed by atoms with van der Waals surface area (Å²) in [5.74, 6) is 0.951. The van der Waals surface area contributed by atoms with Gasteiger partial charge in [0.15, 0.2) is 0 Å². The van der Waals surface area contributed by atoms with Crippen LogP contribution in [0.5, 0.6) is 0 Å². The molecule has 1 amide bonds. The van der Waals surface area contributed by atoms with Gasteiger partial charge in [0, 0.05) is 25.7 Å². The average molecular weight is 253 g/mol. The summed E-state index contributed by atoms with van der Waals surface area (Å²) in [6.45, 7) is 8.27. The Kier molecular flexibility index (Phi) is 5.01. The van der Waals surface area contributed by atoms with E-state index in [4.69, 9.17) is 0 Å². The highest BCUT2D eigenvalue weighted by Gasteiger charge is 2.37. The van der Waals surface area contributed by atoms with Crippen molar-refractivity contribution in [1.29, 1.82) is 0 Å². The lowest BCUT2D eigenvalue weighted by atomic mass is 9.94. The molecule has 0 bridgehead atoms. The van der Waals surface area contributed by atoms with Gasteiger partial charge in [0.2, 0.25) is 5.91 Å². The third-order valence-electron chi connectivity index (χ3n) is 4.38. The number of carbonyl (C=O) groups is 1. The van der Waals surface area contributed by atoms with Crippen LogP contribution in [-0.4, -0.2) is 49.1 Å². The van der Waals surface area contributed by atoms with Crippen molar-refractivity contribution in [2.24, 2.45) is 5.92 Å². The summed E-state index contributed by atoms with van der Waals surface area (Å²) >= 11 is 0. The molecule has 2 N–H and O–H groups in total. The first kappa shape index (κ1) is 13.8. The highest BCUT2D eigenvalue weighted by Crippen LogP contribution is 2.26. The fraction of sp³-hybridized carbons (Fsp3) is 0.929. The van der Waals surface area contributed by atoms with Gasteiger partial charge >= 0.3 is 0 Å². The van der Waals surface area contributed by atoms with Crippen molar-refractivity contribution in [3.05, 3.63) is 0 Å². The van der Waals surface area contributed by atoms with Crippen LogP contribution in [0.2, 0.25) is 0 Å². The number of nitrogens with zero attached hydrogens (tertiary/aromatic N) is 1. The van der Waals surface area contributed by atoms with Crippen LogP contribution in [0.25, 0.3) is 0 Å². The van der Waals surface area contributed by atoms with E-state index in [0.717, 1.165) is 44.9 Å². The number of hydrogen-bond donors (Lipinski definition) is 2. The minimum absolute atomic E-state index is 0.0225. The second-order valence-electron chi connectivity index (χ2n) is 5.74. The van der Waals surface area contributed by atoms with Gasteiger partial charge in [-0.2, -0.15) is 0 Å². The Balaban J connectivity index is 1.78. The molecule has 0 radical (unpaired) electrons. The second kappa shape index (κ2) is 6.53. The molecule has 3 atom stereocenters. The molecule has 18 heavy (non-hydrogen) atoms. The third-order valence-corrected chi connectivity index (χ3v) is 4.38. The summed E-state index contributed by atoms with van der Waals surface area (Å²) in [6, 6.07) is 0.638. The van der Waals surface area contributed by atoms with Gasteiger partial charge < -0.3 is 10.6 Å². The van der Waals surface area contributed by atoms with Crippen molar-refractivity contribution in [2.45, 2.75) is 51.6 Å². The largest absolute Gasteiger partial charge is 0.355 e. The first-order valence-electron chi connectivity index (χ1n) is 7.47. The van der Waals surface area contributed by atoms with Crippen molar-refractivity contribution < 1.29 is 4.79 Å². The molecule has 2 aliphatic heterocycles. The lowest BCUT2D eigenvalue weighted by Gasteiger charge is -2.25. The van der Waals surface area contributed by atoms with Gasteiger partial charge in [-0.25, -0.2) is 0 Å². The molecule has 2 fully saturated rings. The van der Waals surface area contributed by atoms with Gasteiger partial charge in [-0.3, -0.25) is 9.69 Å². The Labute approximate surface area is 110 Å². The molecule has 104 valence electrons. The third kappa shape index (κ3) is 3.23. The van der Waals surface area contributed by atoms with Gasteiger partial charge in [-0.15, -0.1) is 0 Å². The number of likely N-dealkylation sites (tertiary alicyclic amines) is 1. The van der Waals surface area contributed by atoms with E-state index in [9.17, 15) is 4.79 Å². The molecular formula is C14H27N3O. The minimum Gasteiger partial charge on any atom is -0.355 e. The van der Waals surface area contributed by atoms with Crippen LogP contribution in [0, 0.1) is 5.92 Å². The van der Waals surface area contributed by atoms with Gasteiger partial charge in [-0.1, -0.05) is 13.3 Å². The number of hydrogen-bond acceptors (Lipinski definition) is 3. The normalized spacial score (nSPS) is 29.9. The predicted octanol–water partition coefficient (Wildman–Crippen LogP) is 0.975. The lowest BCUT2D eigenvalue weighted by Crippen LogP contribution is -2.45. The molecule has 2 heterocycles. The molecule has 2 saturated heterocycles. The molecule has 0 saturated carbocycles. The first-order valence-corrected chi connectivity index (χ1v) is 7.47. The number of fused-ring (bicyclic) bond motifs is 1. The maximum atomic E-state index is 12.0. The van der Waals surface area contributed by atoms with E-state index in [-0.39, 0.29) is 11.9 Å². The number of rotatable bonds is 5. The smallest absolute Gasteiger partial charge is 0.237 e. The number of amides is 1. The van der Waals surface area contributed by atoms with Crippen LogP contribution in [0.4, 0.5) is 0 Å². The number of carbonyl (C=O) groups excluding carboxylic acids is 1. The molecule has 0 aromatic heterocycles. The molecule has 0 aliphatic carbocycles. The maximum Gasteiger partial charge on any atom is 0.237 e. The van der Waals surface area contributed by atoms with E-state index in [1.807, 2.05) is 6.92 Å². The highest BCUT2D eigenvalue weighted by atomic mass is 16.2. The van der Waals surface area contributed by atoms with Crippen molar-refractivity contribution >= 4 is 5.91 Å². The zero-order chi connectivity index (χ0) is 13.0. The summed E-state index contributed by atoms with van der Waals surface area (Å²) in [4.78, 5) is 14.4. The van der Waals surface area contributed by atoms with Gasteiger partial charge in [0.1, 0.15) is 0 Å². The van der Waals surface area contributed by atoms with Crippen molar-refractivity contribution in [1.82, 2.24) is 15.5 Å². The van der Waals surface area contributed by atoms with Crippen LogP contribution in [0.15, 0.2) is 0 Å². The monoisotopic (exact) mass is 253 g/mol. The molecule has 0 aromatic carbocycles. The molecule has 2 aliphatic rings. The first-order chi connectivity index (χ1) is 8.72. The van der Waals surface area contributed by atoms with E-state index >= 15 is 0 Å². The van der Waals surface area contributed by atoms with Gasteiger partial charge in [0.05, 0.1) is 6.04 Å². The van der Waals surface area contributed by atoms with Crippen molar-refractivity contribution in [3.63, 3.8) is 0 Å². The predicted molar refractivity (Wildman–Crippen MR) is 73.5 cm³/mol. The van der Waals surface area contributed by atoms with Crippen LogP contribution in [-0.2, 0) is 4.79 Å². The van der Waals surface area contributed by atoms with Crippen molar-refractivity contribution in [2.75, 3.05) is 26.2 Å². The van der Waals surface area contributed by atoms with Crippen LogP contribution in [0.3, 0.4) is 0 Å². The quantitative estimate of drug-likeness (QED) is 0.718. The van der Waals surface area contributed by atoms with Gasteiger partial charge in [0.25, 0.3) is 0 Å². The Morgan fingerprint density at radius 2 is 2.33 bits per heavy atom. The number of nitrogens with one attached hydrogen (secondary N) is 2. The summed E-state index contributed by atoms with van der Waals surface area (Å²) in [7, 11) is 0. The van der Waals surface area contributed by atoms with Gasteiger partial charge in [-0.05, 0) is 38.6 Å². The summed E-state index contributed by atoms with van der Waals surface area (Å²) in [5.41, 5.74) is 0. The Morgan fingerprint density at radius 1 is 1.50 bits per heavy atom. The topological polar surface area (TPSA) is 44.4 Å². The SMILES string of the molecule is CCCCNC(=O)C(C)N1C[C@@H]2CCCN[C@@H]2C1. The Morgan fingerprint density at radius 3 is 3.06 bits per heavy atom. The maximum absolute atomic E-state index is 12.0. The van der Waals surface area contributed by atoms with E-state index in [0.29, 0.717) is 6.04 Å². The van der Waals surface area contributed by atoms with Crippen LogP contribution < -0.4 is 10.6 Å². The number of unbranched alkanes of at least 4 members (excludes halogenated alkanes) is 1. The molecular weight excluding hydrogens is 226 g/mol. The zero-order valence-electron chi connectivity index (χ0n) is 11.7. The lowest BCUT2D eigenvalue weighted by molar-refractivity contribution is -0.125. The molecule has 4 heteroatoms. The highest BCUT2D eigenvalue weighted by molar-refractivity contribution is 5.81. The van der Waals surface area contributed by atoms with E-state index < -0.39 is 0 Å². The zero-order valence-corrected chi connectivity index (χ0v) is 11.7. The summed E-state index contributed by atoms with van der Waals surface area (Å²) in [5, 5.41) is 6.62. The van der Waals surface area contributed by atoms with E-state index in [1.54, 1.807) is 0 Å². The fourth-order valence-electron chi connectivity index (χ4n) is 3.10. The molecule has 0 aromatic rings. The number of piperidine rings is 1. The molecule has 1 unspecified atom stereocenters. The van der Waals surface area contributed by atoms with Crippen LogP contribution in [0.1, 0.15) is 39.5 Å². The summed E-state index contributed by atoms with van der Waals surface area (Å²) < 4.78 is 0. The second-order valence-corrected chi connectivity index (χ2v) is 5.74. The standard InChI is InChI=1S/C14H27N3O/c1-3-4-7-16-14(18)11(2)17-9-12-6-5-8-15-13(12)10-17/h11-13,15H,3-10H2,1-2H3,(H,16,18)/t11?,12-,13+/m0/s1. The average Bonchev–Trinajstić information content (AvgIpc) is 2.81.